The van der Waals surface area contributed by atoms with Gasteiger partial charge in [-0.3, -0.25) is 19.3 Å². The minimum Gasteiger partial charge on any atom is -0.483 e. The summed E-state index contributed by atoms with van der Waals surface area (Å²) in [5.41, 5.74) is -2.21. The van der Waals surface area contributed by atoms with Crippen molar-refractivity contribution in [2.24, 2.45) is 17.9 Å². The molecular weight excluding hydrogens is 294 g/mol. The van der Waals surface area contributed by atoms with Gasteiger partial charge in [0.1, 0.15) is 5.82 Å². The van der Waals surface area contributed by atoms with E-state index >= 15 is 0 Å². The van der Waals surface area contributed by atoms with Gasteiger partial charge < -0.3 is 19.9 Å². The number of fused-ring (bicyclic) bond motifs is 1. The first-order valence-corrected chi connectivity index (χ1v) is 6.56. The van der Waals surface area contributed by atoms with Gasteiger partial charge in [0.05, 0.1) is 17.4 Å². The molecule has 0 bridgehead atoms. The van der Waals surface area contributed by atoms with Crippen LogP contribution in [0.4, 0.5) is 0 Å². The van der Waals surface area contributed by atoms with E-state index < -0.39 is 22.8 Å². The van der Waals surface area contributed by atoms with Crippen LogP contribution in [0.1, 0.15) is 12.2 Å². The summed E-state index contributed by atoms with van der Waals surface area (Å²) in [5, 5.41) is 25.5. The molecule has 0 radical (unpaired) electrons. The number of carbonyl (C=O) groups is 3. The monoisotopic (exact) mass is 311 g/mol. The molecule has 0 amide bonds. The highest BCUT2D eigenvalue weighted by molar-refractivity contribution is 5.94. The maximum absolute atomic E-state index is 11.4. The summed E-state index contributed by atoms with van der Waals surface area (Å²) in [6, 6.07) is 0. The lowest BCUT2D eigenvalue weighted by Crippen LogP contribution is -2.29. The molecule has 0 unspecified atom stereocenters. The van der Waals surface area contributed by atoms with Gasteiger partial charge >= 0.3 is 11.9 Å². The van der Waals surface area contributed by atoms with Gasteiger partial charge in [-0.05, 0) is 6.42 Å². The van der Waals surface area contributed by atoms with Crippen LogP contribution in [0.3, 0.4) is 0 Å². The highest BCUT2D eigenvalue weighted by Gasteiger charge is 2.80. The molecule has 1 aromatic heterocycles. The second kappa shape index (κ2) is 5.41. The van der Waals surface area contributed by atoms with E-state index in [1.165, 1.54) is 0 Å². The number of hydrogen-bond donors (Lipinski definition) is 3. The summed E-state index contributed by atoms with van der Waals surface area (Å²) in [6.45, 7) is 0.788. The number of likely N-dealkylation sites (tertiary alicyclic amines) is 1. The highest BCUT2D eigenvalue weighted by atomic mass is 16.4. The average Bonchev–Trinajstić information content (AvgIpc) is 2.73. The van der Waals surface area contributed by atoms with E-state index in [-0.39, 0.29) is 26.0 Å². The predicted octanol–water partition coefficient (Wildman–Crippen LogP) is -0.518. The molecule has 1 aliphatic heterocycles. The molecule has 2 heterocycles. The summed E-state index contributed by atoms with van der Waals surface area (Å²) in [7, 11) is 1.86. The SMILES string of the molecule is Cn1ccnc1CN1C[C@@]2(C(=O)O)C[C@@]2(C(=O)O)C1.O=CO. The lowest BCUT2D eigenvalue weighted by Gasteiger charge is -2.18. The fraction of sp³-hybridized carbons (Fsp3) is 0.538. The Morgan fingerprint density at radius 1 is 1.32 bits per heavy atom. The third-order valence-corrected chi connectivity index (χ3v) is 4.49. The van der Waals surface area contributed by atoms with Crippen molar-refractivity contribution in [3.8, 4) is 0 Å². The molecule has 1 saturated heterocycles. The van der Waals surface area contributed by atoms with E-state index in [2.05, 4.69) is 4.98 Å². The third-order valence-electron chi connectivity index (χ3n) is 4.49. The van der Waals surface area contributed by atoms with Crippen molar-refractivity contribution in [2.45, 2.75) is 13.0 Å². The van der Waals surface area contributed by atoms with E-state index in [9.17, 15) is 19.8 Å². The Morgan fingerprint density at radius 3 is 2.18 bits per heavy atom. The van der Waals surface area contributed by atoms with Crippen LogP contribution in [0.2, 0.25) is 0 Å². The molecule has 22 heavy (non-hydrogen) atoms. The summed E-state index contributed by atoms with van der Waals surface area (Å²) < 4.78 is 1.85. The topological polar surface area (TPSA) is 133 Å². The molecule has 3 N–H and O–H groups in total. The van der Waals surface area contributed by atoms with Crippen molar-refractivity contribution in [1.29, 1.82) is 0 Å². The second-order valence-electron chi connectivity index (χ2n) is 5.66. The fourth-order valence-electron chi connectivity index (χ4n) is 3.26. The number of nitrogens with zero attached hydrogens (tertiary/aromatic N) is 3. The van der Waals surface area contributed by atoms with E-state index in [1.807, 2.05) is 22.7 Å². The molecule has 9 nitrogen and oxygen atoms in total. The quantitative estimate of drug-likeness (QED) is 0.633. The van der Waals surface area contributed by atoms with Crippen LogP contribution < -0.4 is 0 Å². The van der Waals surface area contributed by atoms with Crippen LogP contribution >= 0.6 is 0 Å². The first-order valence-electron chi connectivity index (χ1n) is 6.56. The minimum atomic E-state index is -1.11. The molecule has 0 aromatic carbocycles. The zero-order valence-electron chi connectivity index (χ0n) is 12.0. The Bertz CT molecular complexity index is 587. The maximum Gasteiger partial charge on any atom is 0.312 e. The van der Waals surface area contributed by atoms with E-state index in [0.29, 0.717) is 6.54 Å². The standard InChI is InChI=1S/C12H15N3O4.CH2O2/c1-14-3-2-13-8(14)4-15-6-11(9(16)17)5-12(11,7-15)10(18)19;2-1-3/h2-3H,4-7H2,1H3,(H,16,17)(H,18,19);1H,(H,2,3)/t11-,12+;. The van der Waals surface area contributed by atoms with Crippen LogP contribution in [0, 0.1) is 10.8 Å². The summed E-state index contributed by atoms with van der Waals surface area (Å²) >= 11 is 0. The summed E-state index contributed by atoms with van der Waals surface area (Å²) in [6.07, 6.45) is 3.72. The fourth-order valence-corrected chi connectivity index (χ4v) is 3.26. The number of hydrogen-bond acceptors (Lipinski definition) is 5. The Hall–Kier alpha value is -2.42. The first kappa shape index (κ1) is 16.0. The normalized spacial score (nSPS) is 29.1. The number of carboxylic acid groups (broad SMARTS) is 3. The van der Waals surface area contributed by atoms with Gasteiger partial charge in [-0.1, -0.05) is 0 Å². The van der Waals surface area contributed by atoms with Crippen molar-refractivity contribution < 1.29 is 29.7 Å². The van der Waals surface area contributed by atoms with Crippen molar-refractivity contribution in [3.63, 3.8) is 0 Å². The molecule has 2 atom stereocenters. The summed E-state index contributed by atoms with van der Waals surface area (Å²) in [5.74, 6) is -1.20. The largest absolute Gasteiger partial charge is 0.483 e. The number of rotatable bonds is 4. The maximum atomic E-state index is 11.4. The molecule has 9 heteroatoms. The molecule has 2 aliphatic rings. The van der Waals surface area contributed by atoms with Crippen molar-refractivity contribution in [3.05, 3.63) is 18.2 Å². The number of carboxylic acids is 2. The predicted molar refractivity (Wildman–Crippen MR) is 71.9 cm³/mol. The first-order chi connectivity index (χ1) is 10.3. The molecule has 1 aromatic rings. The molecule has 1 saturated carbocycles. The van der Waals surface area contributed by atoms with Gasteiger partial charge in [0.2, 0.25) is 0 Å². The van der Waals surface area contributed by atoms with Gasteiger partial charge in [0.25, 0.3) is 6.47 Å². The van der Waals surface area contributed by atoms with Crippen LogP contribution in [0.5, 0.6) is 0 Å². The van der Waals surface area contributed by atoms with E-state index in [0.717, 1.165) is 5.82 Å². The van der Waals surface area contributed by atoms with Crippen molar-refractivity contribution >= 4 is 18.4 Å². The average molecular weight is 311 g/mol. The van der Waals surface area contributed by atoms with Crippen LogP contribution in [-0.2, 0) is 28.0 Å². The molecule has 1 aliphatic carbocycles. The van der Waals surface area contributed by atoms with Gasteiger partial charge in [-0.2, -0.15) is 0 Å². The Balaban J connectivity index is 0.000000545. The second-order valence-corrected chi connectivity index (χ2v) is 5.66. The van der Waals surface area contributed by atoms with E-state index in [1.54, 1.807) is 6.20 Å². The highest BCUT2D eigenvalue weighted by Crippen LogP contribution is 2.68. The lowest BCUT2D eigenvalue weighted by molar-refractivity contribution is -0.151. The zero-order chi connectivity index (χ0) is 16.5. The molecule has 3 rings (SSSR count). The van der Waals surface area contributed by atoms with Gasteiger partial charge in [-0.15, -0.1) is 0 Å². The summed E-state index contributed by atoms with van der Waals surface area (Å²) in [4.78, 5) is 37.2. The van der Waals surface area contributed by atoms with Crippen molar-refractivity contribution in [2.75, 3.05) is 13.1 Å². The minimum absolute atomic E-state index is 0.238. The van der Waals surface area contributed by atoms with Gasteiger partial charge in [0, 0.05) is 32.5 Å². The third kappa shape index (κ3) is 2.23. The van der Waals surface area contributed by atoms with Crippen LogP contribution in [0.15, 0.2) is 12.4 Å². The Kier molecular flexibility index (Phi) is 3.92. The number of imidazole rings is 1. The zero-order valence-corrected chi connectivity index (χ0v) is 12.0. The Morgan fingerprint density at radius 2 is 1.82 bits per heavy atom. The number of aromatic nitrogens is 2. The molecular formula is C13H17N3O6. The molecule has 120 valence electrons. The lowest BCUT2D eigenvalue weighted by atomic mass is 9.97. The number of piperidine rings is 1. The Labute approximate surface area is 125 Å². The smallest absolute Gasteiger partial charge is 0.312 e. The number of aryl methyl sites for hydroxylation is 1. The molecule has 2 fully saturated rings. The van der Waals surface area contributed by atoms with Gasteiger partial charge in [0.15, 0.2) is 0 Å². The van der Waals surface area contributed by atoms with Crippen LogP contribution in [-0.4, -0.2) is 61.3 Å². The number of aliphatic carboxylic acids is 2. The van der Waals surface area contributed by atoms with Crippen LogP contribution in [0.25, 0.3) is 0 Å². The van der Waals surface area contributed by atoms with Crippen molar-refractivity contribution in [1.82, 2.24) is 14.5 Å². The van der Waals surface area contributed by atoms with Gasteiger partial charge in [-0.25, -0.2) is 4.98 Å². The van der Waals surface area contributed by atoms with E-state index in [4.69, 9.17) is 9.90 Å². The molecule has 0 spiro atoms.